The van der Waals surface area contributed by atoms with Gasteiger partial charge in [-0.1, -0.05) is 44.9 Å². The summed E-state index contributed by atoms with van der Waals surface area (Å²) in [5.41, 5.74) is 0.249. The van der Waals surface area contributed by atoms with E-state index in [0.717, 1.165) is 58.2 Å². The lowest BCUT2D eigenvalue weighted by atomic mass is 10.0. The van der Waals surface area contributed by atoms with Gasteiger partial charge in [-0.05, 0) is 38.3 Å². The Morgan fingerprint density at radius 3 is 2.46 bits per heavy atom. The summed E-state index contributed by atoms with van der Waals surface area (Å²) >= 11 is 0. The maximum atomic E-state index is 13.0. The van der Waals surface area contributed by atoms with E-state index in [9.17, 15) is 9.59 Å². The molecule has 6 heteroatoms. The highest BCUT2D eigenvalue weighted by Crippen LogP contribution is 2.16. The minimum atomic E-state index is -0.172. The molecule has 6 nitrogen and oxygen atoms in total. The van der Waals surface area contributed by atoms with Crippen LogP contribution in [0.2, 0.25) is 0 Å². The first-order chi connectivity index (χ1) is 13.6. The SMILES string of the molecule is CCCCCn1nc(C(=O)NC2CCN(CCC)CC2)c2ccccc2c1=O. The predicted molar refractivity (Wildman–Crippen MR) is 113 cm³/mol. The summed E-state index contributed by atoms with van der Waals surface area (Å²) < 4.78 is 1.47. The van der Waals surface area contributed by atoms with Crippen LogP contribution in [0.1, 0.15) is 62.9 Å². The highest BCUT2D eigenvalue weighted by Gasteiger charge is 2.23. The molecule has 1 aliphatic rings. The molecule has 0 radical (unpaired) electrons. The highest BCUT2D eigenvalue weighted by molar-refractivity contribution is 6.04. The van der Waals surface area contributed by atoms with E-state index in [1.54, 1.807) is 6.07 Å². The molecule has 1 aromatic heterocycles. The number of nitrogens with one attached hydrogen (secondary N) is 1. The Morgan fingerprint density at radius 1 is 1.07 bits per heavy atom. The number of aryl methyl sites for hydroxylation is 1. The van der Waals surface area contributed by atoms with Gasteiger partial charge in [-0.15, -0.1) is 0 Å². The topological polar surface area (TPSA) is 67.2 Å². The summed E-state index contributed by atoms with van der Waals surface area (Å²) in [7, 11) is 0. The van der Waals surface area contributed by atoms with Crippen molar-refractivity contribution in [1.82, 2.24) is 20.0 Å². The molecule has 3 rings (SSSR count). The quantitative estimate of drug-likeness (QED) is 0.710. The van der Waals surface area contributed by atoms with Crippen LogP contribution in [0.25, 0.3) is 10.8 Å². The summed E-state index contributed by atoms with van der Waals surface area (Å²) in [5.74, 6) is -0.172. The van der Waals surface area contributed by atoms with Crippen LogP contribution in [-0.2, 0) is 6.54 Å². The normalized spacial score (nSPS) is 15.8. The molecular formula is C22H32N4O2. The van der Waals surface area contributed by atoms with E-state index < -0.39 is 0 Å². The summed E-state index contributed by atoms with van der Waals surface area (Å²) in [4.78, 5) is 28.2. The molecule has 1 aromatic carbocycles. The third-order valence-corrected chi connectivity index (χ3v) is 5.52. The second-order valence-corrected chi connectivity index (χ2v) is 7.72. The Labute approximate surface area is 166 Å². The van der Waals surface area contributed by atoms with Gasteiger partial charge in [0.25, 0.3) is 11.5 Å². The number of fused-ring (bicyclic) bond motifs is 1. The van der Waals surface area contributed by atoms with E-state index in [1.807, 2.05) is 18.2 Å². The molecule has 1 aliphatic heterocycles. The van der Waals surface area contributed by atoms with Crippen LogP contribution in [0.4, 0.5) is 0 Å². The van der Waals surface area contributed by atoms with Crippen LogP contribution in [-0.4, -0.2) is 46.3 Å². The molecule has 0 unspecified atom stereocenters. The maximum absolute atomic E-state index is 13.0. The van der Waals surface area contributed by atoms with Crippen LogP contribution in [0.15, 0.2) is 29.1 Å². The van der Waals surface area contributed by atoms with Gasteiger partial charge in [0, 0.05) is 31.1 Å². The minimum Gasteiger partial charge on any atom is -0.348 e. The second-order valence-electron chi connectivity index (χ2n) is 7.72. The molecular weight excluding hydrogens is 352 g/mol. The third-order valence-electron chi connectivity index (χ3n) is 5.52. The number of carbonyl (C=O) groups excluding carboxylic acids is 1. The van der Waals surface area contributed by atoms with Crippen molar-refractivity contribution in [3.8, 4) is 0 Å². The van der Waals surface area contributed by atoms with E-state index >= 15 is 0 Å². The Bertz CT molecular complexity index is 853. The molecule has 152 valence electrons. The number of rotatable bonds is 8. The summed E-state index contributed by atoms with van der Waals surface area (Å²) in [6.07, 6.45) is 6.08. The number of carbonyl (C=O) groups is 1. The maximum Gasteiger partial charge on any atom is 0.274 e. The number of likely N-dealkylation sites (tertiary alicyclic amines) is 1. The van der Waals surface area contributed by atoms with Gasteiger partial charge in [0.1, 0.15) is 0 Å². The molecule has 0 aliphatic carbocycles. The van der Waals surface area contributed by atoms with Crippen molar-refractivity contribution in [2.24, 2.45) is 0 Å². The number of unbranched alkanes of at least 4 members (excludes halogenated alkanes) is 2. The Kier molecular flexibility index (Phi) is 7.20. The second kappa shape index (κ2) is 9.82. The Balaban J connectivity index is 1.80. The molecule has 1 amide bonds. The van der Waals surface area contributed by atoms with Crippen molar-refractivity contribution in [2.75, 3.05) is 19.6 Å². The van der Waals surface area contributed by atoms with E-state index in [0.29, 0.717) is 23.0 Å². The number of piperidine rings is 1. The first kappa shape index (κ1) is 20.5. The lowest BCUT2D eigenvalue weighted by Gasteiger charge is -2.32. The number of hydrogen-bond acceptors (Lipinski definition) is 4. The molecule has 2 aromatic rings. The first-order valence-corrected chi connectivity index (χ1v) is 10.7. The van der Waals surface area contributed by atoms with Gasteiger partial charge in [-0.3, -0.25) is 9.59 Å². The molecule has 0 atom stereocenters. The van der Waals surface area contributed by atoms with E-state index in [1.165, 1.54) is 4.68 Å². The molecule has 2 heterocycles. The van der Waals surface area contributed by atoms with Crippen molar-refractivity contribution < 1.29 is 4.79 Å². The molecule has 0 saturated carbocycles. The predicted octanol–water partition coefficient (Wildman–Crippen LogP) is 3.19. The van der Waals surface area contributed by atoms with Gasteiger partial charge in [0.05, 0.1) is 5.39 Å². The highest BCUT2D eigenvalue weighted by atomic mass is 16.2. The van der Waals surface area contributed by atoms with Crippen LogP contribution >= 0.6 is 0 Å². The van der Waals surface area contributed by atoms with E-state index in [2.05, 4.69) is 29.2 Å². The van der Waals surface area contributed by atoms with Crippen LogP contribution in [0.3, 0.4) is 0 Å². The van der Waals surface area contributed by atoms with Gasteiger partial charge in [0.15, 0.2) is 5.69 Å². The monoisotopic (exact) mass is 384 g/mol. The van der Waals surface area contributed by atoms with Crippen molar-refractivity contribution >= 4 is 16.7 Å². The van der Waals surface area contributed by atoms with Gasteiger partial charge < -0.3 is 10.2 Å². The van der Waals surface area contributed by atoms with Gasteiger partial charge in [0.2, 0.25) is 0 Å². The van der Waals surface area contributed by atoms with Crippen molar-refractivity contribution in [1.29, 1.82) is 0 Å². The Morgan fingerprint density at radius 2 is 1.79 bits per heavy atom. The fraction of sp³-hybridized carbons (Fsp3) is 0.591. The van der Waals surface area contributed by atoms with Gasteiger partial charge >= 0.3 is 0 Å². The summed E-state index contributed by atoms with van der Waals surface area (Å²) in [6.45, 7) is 8.02. The van der Waals surface area contributed by atoms with Gasteiger partial charge in [-0.2, -0.15) is 5.10 Å². The van der Waals surface area contributed by atoms with Crippen LogP contribution in [0.5, 0.6) is 0 Å². The first-order valence-electron chi connectivity index (χ1n) is 10.7. The average Bonchev–Trinajstić information content (AvgIpc) is 2.71. The molecule has 1 N–H and O–H groups in total. The average molecular weight is 385 g/mol. The number of benzene rings is 1. The lowest BCUT2D eigenvalue weighted by Crippen LogP contribution is -2.45. The van der Waals surface area contributed by atoms with E-state index in [-0.39, 0.29) is 17.5 Å². The fourth-order valence-corrected chi connectivity index (χ4v) is 3.94. The number of nitrogens with zero attached hydrogens (tertiary/aromatic N) is 3. The largest absolute Gasteiger partial charge is 0.348 e. The molecule has 0 spiro atoms. The van der Waals surface area contributed by atoms with Crippen LogP contribution < -0.4 is 10.9 Å². The summed E-state index contributed by atoms with van der Waals surface area (Å²) in [5, 5.41) is 8.83. The summed E-state index contributed by atoms with van der Waals surface area (Å²) in [6, 6.07) is 7.46. The third kappa shape index (κ3) is 4.79. The standard InChI is InChI=1S/C22H32N4O2/c1-3-5-8-14-26-22(28)19-10-7-6-9-18(19)20(24-26)21(27)23-17-11-15-25(13-4-2)16-12-17/h6-7,9-10,17H,3-5,8,11-16H2,1-2H3,(H,23,27). The van der Waals surface area contributed by atoms with Crippen molar-refractivity contribution in [3.63, 3.8) is 0 Å². The molecule has 1 saturated heterocycles. The Hall–Kier alpha value is -2.21. The fourth-order valence-electron chi connectivity index (χ4n) is 3.94. The minimum absolute atomic E-state index is 0.115. The number of aromatic nitrogens is 2. The van der Waals surface area contributed by atoms with E-state index in [4.69, 9.17) is 0 Å². The van der Waals surface area contributed by atoms with Gasteiger partial charge in [-0.25, -0.2) is 4.68 Å². The van der Waals surface area contributed by atoms with Crippen LogP contribution in [0, 0.1) is 0 Å². The number of amides is 1. The smallest absolute Gasteiger partial charge is 0.274 e. The zero-order valence-corrected chi connectivity index (χ0v) is 17.1. The molecule has 0 bridgehead atoms. The van der Waals surface area contributed by atoms with Crippen molar-refractivity contribution in [2.45, 2.75) is 65.0 Å². The zero-order chi connectivity index (χ0) is 19.9. The number of hydrogen-bond donors (Lipinski definition) is 1. The lowest BCUT2D eigenvalue weighted by molar-refractivity contribution is 0.0905. The molecule has 28 heavy (non-hydrogen) atoms. The molecule has 1 fully saturated rings. The zero-order valence-electron chi connectivity index (χ0n) is 17.1. The van der Waals surface area contributed by atoms with Crippen molar-refractivity contribution in [3.05, 3.63) is 40.3 Å².